The summed E-state index contributed by atoms with van der Waals surface area (Å²) in [4.78, 5) is 52.8. The summed E-state index contributed by atoms with van der Waals surface area (Å²) in [6.45, 7) is 8.29. The van der Waals surface area contributed by atoms with E-state index < -0.39 is 5.91 Å². The van der Waals surface area contributed by atoms with Crippen LogP contribution in [0.5, 0.6) is 5.75 Å². The average Bonchev–Trinajstić information content (AvgIpc) is 3.06. The Bertz CT molecular complexity index is 1410. The lowest BCUT2D eigenvalue weighted by Crippen LogP contribution is -2.44. The highest BCUT2D eigenvalue weighted by Crippen LogP contribution is 2.37. The molecule has 1 aliphatic rings. The number of hydrogen-bond donors (Lipinski definition) is 0. The first-order valence-electron chi connectivity index (χ1n) is 15.6. The van der Waals surface area contributed by atoms with E-state index in [0.29, 0.717) is 45.0 Å². The summed E-state index contributed by atoms with van der Waals surface area (Å²) >= 11 is 0. The van der Waals surface area contributed by atoms with E-state index in [9.17, 15) is 19.3 Å². The van der Waals surface area contributed by atoms with Gasteiger partial charge in [-0.15, -0.1) is 4.91 Å². The van der Waals surface area contributed by atoms with E-state index in [1.54, 1.807) is 17.0 Å². The minimum atomic E-state index is -0.841. The Labute approximate surface area is 260 Å². The van der Waals surface area contributed by atoms with Crippen LogP contribution in [-0.4, -0.2) is 42.1 Å². The summed E-state index contributed by atoms with van der Waals surface area (Å²) < 4.78 is 5.98. The average molecular weight is 598 g/mol. The predicted octanol–water partition coefficient (Wildman–Crippen LogP) is 7.30. The van der Waals surface area contributed by atoms with Crippen molar-refractivity contribution in [2.24, 2.45) is 11.1 Å². The molecule has 0 saturated carbocycles. The number of ketones is 1. The molecule has 3 aromatic rings. The number of nitrogens with zero attached hydrogens (tertiary/aromatic N) is 3. The maximum absolute atomic E-state index is 13.6. The van der Waals surface area contributed by atoms with Crippen LogP contribution in [0.3, 0.4) is 0 Å². The molecule has 8 heteroatoms. The van der Waals surface area contributed by atoms with Gasteiger partial charge in [0.05, 0.1) is 6.54 Å². The molecule has 2 atom stereocenters. The van der Waals surface area contributed by atoms with Crippen LogP contribution in [0.1, 0.15) is 85.8 Å². The van der Waals surface area contributed by atoms with Crippen molar-refractivity contribution in [1.82, 2.24) is 4.90 Å². The van der Waals surface area contributed by atoms with Crippen molar-refractivity contribution >= 4 is 23.3 Å². The molecule has 1 fully saturated rings. The molecule has 44 heavy (non-hydrogen) atoms. The van der Waals surface area contributed by atoms with Crippen molar-refractivity contribution < 1.29 is 19.1 Å². The van der Waals surface area contributed by atoms with Crippen molar-refractivity contribution in [2.45, 2.75) is 71.9 Å². The van der Waals surface area contributed by atoms with Crippen LogP contribution >= 0.6 is 0 Å². The number of rotatable bonds is 14. The third-order valence-corrected chi connectivity index (χ3v) is 8.63. The highest BCUT2D eigenvalue weighted by molar-refractivity contribution is 5.96. The van der Waals surface area contributed by atoms with Gasteiger partial charge in [0.2, 0.25) is 5.91 Å². The van der Waals surface area contributed by atoms with Crippen molar-refractivity contribution in [3.05, 3.63) is 100.0 Å². The third kappa shape index (κ3) is 8.62. The normalized spacial score (nSPS) is 14.5. The van der Waals surface area contributed by atoms with Gasteiger partial charge in [-0.2, -0.15) is 0 Å². The van der Waals surface area contributed by atoms with Crippen molar-refractivity contribution in [3.63, 3.8) is 0 Å². The topological polar surface area (TPSA) is 96.4 Å². The zero-order valence-electron chi connectivity index (χ0n) is 26.0. The highest BCUT2D eigenvalue weighted by Gasteiger charge is 2.27. The van der Waals surface area contributed by atoms with Crippen LogP contribution < -0.4 is 9.64 Å². The molecular formula is C36H43N3O5. The van der Waals surface area contributed by atoms with Gasteiger partial charge in [-0.1, -0.05) is 88.6 Å². The van der Waals surface area contributed by atoms with Crippen molar-refractivity contribution in [3.8, 4) is 5.75 Å². The smallest absolute Gasteiger partial charge is 0.316 e. The second-order valence-electron chi connectivity index (χ2n) is 11.6. The molecular weight excluding hydrogens is 554 g/mol. The highest BCUT2D eigenvalue weighted by atomic mass is 16.5. The van der Waals surface area contributed by atoms with Crippen LogP contribution in [0.2, 0.25) is 0 Å². The molecule has 0 bridgehead atoms. The molecule has 0 aliphatic carbocycles. The van der Waals surface area contributed by atoms with E-state index in [1.165, 1.54) is 0 Å². The van der Waals surface area contributed by atoms with E-state index in [0.717, 1.165) is 47.4 Å². The molecule has 3 aromatic carbocycles. The maximum Gasteiger partial charge on any atom is 0.316 e. The van der Waals surface area contributed by atoms with Crippen molar-refractivity contribution in [2.75, 3.05) is 24.5 Å². The second-order valence-corrected chi connectivity index (χ2v) is 11.6. The fourth-order valence-electron chi connectivity index (χ4n) is 5.97. The largest absolute Gasteiger partial charge is 0.489 e. The number of amides is 2. The summed E-state index contributed by atoms with van der Waals surface area (Å²) in [6, 6.07) is 23.0. The molecule has 4 rings (SSSR count). The number of piperidine rings is 1. The number of anilines is 1. The molecule has 2 amide bonds. The maximum atomic E-state index is 13.6. The van der Waals surface area contributed by atoms with Gasteiger partial charge in [-0.25, -0.2) is 0 Å². The van der Waals surface area contributed by atoms with Gasteiger partial charge in [0.15, 0.2) is 0 Å². The van der Waals surface area contributed by atoms with Crippen LogP contribution in [0.15, 0.2) is 78.0 Å². The van der Waals surface area contributed by atoms with Crippen molar-refractivity contribution in [1.29, 1.82) is 0 Å². The summed E-state index contributed by atoms with van der Waals surface area (Å²) in [7, 11) is 0. The molecule has 1 heterocycles. The second kappa shape index (κ2) is 15.9. The first kappa shape index (κ1) is 32.6. The molecule has 0 N–H and O–H groups in total. The fourth-order valence-corrected chi connectivity index (χ4v) is 5.97. The molecule has 2 unspecified atom stereocenters. The number of benzene rings is 3. The Hall–Kier alpha value is -4.33. The van der Waals surface area contributed by atoms with Gasteiger partial charge in [-0.3, -0.25) is 14.4 Å². The Kier molecular flexibility index (Phi) is 11.8. The van der Waals surface area contributed by atoms with Gasteiger partial charge in [0.25, 0.3) is 0 Å². The van der Waals surface area contributed by atoms with Crippen LogP contribution in [-0.2, 0) is 22.7 Å². The zero-order chi connectivity index (χ0) is 31.5. The molecule has 0 spiro atoms. The van der Waals surface area contributed by atoms with Gasteiger partial charge in [0.1, 0.15) is 18.1 Å². The number of Topliss-reactive ketones (excluding diaryl/α,β-unsaturated/α-hetero) is 1. The molecule has 0 radical (unpaired) electrons. The van der Waals surface area contributed by atoms with E-state index in [1.807, 2.05) is 65.6 Å². The number of hydrogen-bond acceptors (Lipinski definition) is 6. The predicted molar refractivity (Wildman–Crippen MR) is 173 cm³/mol. The summed E-state index contributed by atoms with van der Waals surface area (Å²) in [5, 5.41) is 2.66. The third-order valence-electron chi connectivity index (χ3n) is 8.63. The lowest BCUT2D eigenvalue weighted by molar-refractivity contribution is -0.133. The van der Waals surface area contributed by atoms with Crippen LogP contribution in [0, 0.1) is 10.8 Å². The quantitative estimate of drug-likeness (QED) is 0.181. The molecule has 1 aliphatic heterocycles. The lowest BCUT2D eigenvalue weighted by atomic mass is 9.81. The number of nitroso groups, excluding NO2 is 1. The number of carbonyl (C=O) groups excluding carboxylic acids is 3. The van der Waals surface area contributed by atoms with Crippen LogP contribution in [0.25, 0.3) is 0 Å². The Morgan fingerprint density at radius 2 is 1.66 bits per heavy atom. The molecule has 0 aromatic heterocycles. The standard InChI is InChI=1S/C36H43N3O5/c1-4-9-29(5-2)26(3)33-17-14-30(36(42)37-43)22-34(33)39(24-35(41)38-20-18-31(40)19-21-38)23-27-12-15-32(16-13-27)44-25-28-10-7-6-8-11-28/h6-8,10-17,22,26,29H,4-5,9,18-21,23-25H2,1-3H3. The number of likely N-dealkylation sites (tertiary alicyclic amines) is 1. The Balaban J connectivity index is 1.66. The number of carbonyl (C=O) groups is 3. The fraction of sp³-hybridized carbons (Fsp3) is 0.417. The van der Waals surface area contributed by atoms with E-state index in [2.05, 4.69) is 25.9 Å². The first-order chi connectivity index (χ1) is 21.3. The van der Waals surface area contributed by atoms with Gasteiger partial charge in [-0.05, 0) is 52.8 Å². The van der Waals surface area contributed by atoms with E-state index in [4.69, 9.17) is 4.74 Å². The molecule has 232 valence electrons. The van der Waals surface area contributed by atoms with E-state index in [-0.39, 0.29) is 29.7 Å². The lowest BCUT2D eigenvalue weighted by Gasteiger charge is -2.34. The van der Waals surface area contributed by atoms with Gasteiger partial charge >= 0.3 is 5.91 Å². The van der Waals surface area contributed by atoms with Gasteiger partial charge in [0, 0.05) is 48.9 Å². The monoisotopic (exact) mass is 597 g/mol. The SMILES string of the molecule is CCCC(CC)C(C)c1ccc(C(=O)N=O)cc1N(CC(=O)N1CCC(=O)CC1)Cc1ccc(OCc2ccccc2)cc1. The minimum absolute atomic E-state index is 0.0664. The molecule has 1 saturated heterocycles. The minimum Gasteiger partial charge on any atom is -0.489 e. The molecule has 8 nitrogen and oxygen atoms in total. The zero-order valence-corrected chi connectivity index (χ0v) is 26.0. The summed E-state index contributed by atoms with van der Waals surface area (Å²) in [5.41, 5.74) is 4.00. The summed E-state index contributed by atoms with van der Waals surface area (Å²) in [6.07, 6.45) is 3.83. The number of ether oxygens (including phenoxy) is 1. The van der Waals surface area contributed by atoms with Crippen LogP contribution in [0.4, 0.5) is 5.69 Å². The van der Waals surface area contributed by atoms with E-state index >= 15 is 0 Å². The first-order valence-corrected chi connectivity index (χ1v) is 15.6. The van der Waals surface area contributed by atoms with Gasteiger partial charge < -0.3 is 14.5 Å². The Morgan fingerprint density at radius 1 is 0.955 bits per heavy atom. The summed E-state index contributed by atoms with van der Waals surface area (Å²) in [5.74, 6) is 0.559. The Morgan fingerprint density at radius 3 is 2.30 bits per heavy atom.